The number of fused-ring (bicyclic) bond motifs is 2. The molecule has 4 aromatic rings. The number of hydrogen-bond donors (Lipinski definition) is 1. The fraction of sp³-hybridized carbons (Fsp3) is 0.381. The van der Waals surface area contributed by atoms with Gasteiger partial charge in [0.2, 0.25) is 5.95 Å². The standard InChI is InChI=1S/C21H24FN7/c1-15-20-18(16-2-3-19-23-8-13-28(19)14-16)6-11-29(20)26-21(24-15)25-17-4-9-27(10-5-17)12-7-22/h2-3,6,8,11,13-14,17H,4-5,7,9-10,12H2,1H3,(H,25,26). The van der Waals surface area contributed by atoms with Crippen molar-refractivity contribution in [2.24, 2.45) is 0 Å². The van der Waals surface area contributed by atoms with E-state index in [0.29, 0.717) is 18.5 Å². The van der Waals surface area contributed by atoms with Crippen LogP contribution in [0, 0.1) is 6.92 Å². The molecule has 7 nitrogen and oxygen atoms in total. The molecule has 1 aliphatic rings. The van der Waals surface area contributed by atoms with Gasteiger partial charge in [0.1, 0.15) is 12.3 Å². The topological polar surface area (TPSA) is 62.8 Å². The second kappa shape index (κ2) is 7.44. The predicted octanol–water partition coefficient (Wildman–Crippen LogP) is 3.20. The molecule has 1 N–H and O–H groups in total. The number of pyridine rings is 1. The number of halogens is 1. The third-order valence-corrected chi connectivity index (χ3v) is 5.71. The van der Waals surface area contributed by atoms with Crippen LogP contribution in [0.2, 0.25) is 0 Å². The van der Waals surface area contributed by atoms with Crippen LogP contribution in [0.4, 0.5) is 10.3 Å². The molecule has 1 saturated heterocycles. The van der Waals surface area contributed by atoms with Gasteiger partial charge in [0.25, 0.3) is 0 Å². The second-order valence-corrected chi connectivity index (χ2v) is 7.60. The predicted molar refractivity (Wildman–Crippen MR) is 111 cm³/mol. The molecule has 0 radical (unpaired) electrons. The zero-order chi connectivity index (χ0) is 19.8. The molecule has 0 spiro atoms. The summed E-state index contributed by atoms with van der Waals surface area (Å²) in [6.45, 7) is 4.10. The van der Waals surface area contributed by atoms with Crippen molar-refractivity contribution >= 4 is 17.1 Å². The van der Waals surface area contributed by atoms with E-state index in [1.807, 2.05) is 34.3 Å². The van der Waals surface area contributed by atoms with E-state index in [2.05, 4.69) is 38.6 Å². The van der Waals surface area contributed by atoms with Crippen molar-refractivity contribution < 1.29 is 4.39 Å². The second-order valence-electron chi connectivity index (χ2n) is 7.60. The molecular weight excluding hydrogens is 369 g/mol. The van der Waals surface area contributed by atoms with Crippen LogP contribution < -0.4 is 5.32 Å². The van der Waals surface area contributed by atoms with E-state index >= 15 is 0 Å². The number of hydrogen-bond acceptors (Lipinski definition) is 5. The Bertz CT molecular complexity index is 1140. The van der Waals surface area contributed by atoms with E-state index in [4.69, 9.17) is 4.98 Å². The maximum Gasteiger partial charge on any atom is 0.241 e. The van der Waals surface area contributed by atoms with Crippen molar-refractivity contribution in [3.63, 3.8) is 0 Å². The molecule has 0 amide bonds. The van der Waals surface area contributed by atoms with Gasteiger partial charge in [-0.15, -0.1) is 5.10 Å². The third-order valence-electron chi connectivity index (χ3n) is 5.71. The van der Waals surface area contributed by atoms with Gasteiger partial charge in [0.05, 0.1) is 11.2 Å². The molecule has 0 bridgehead atoms. The lowest BCUT2D eigenvalue weighted by molar-refractivity contribution is 0.202. The molecule has 1 fully saturated rings. The summed E-state index contributed by atoms with van der Waals surface area (Å²) in [5, 5.41) is 8.16. The minimum Gasteiger partial charge on any atom is -0.350 e. The van der Waals surface area contributed by atoms with Crippen LogP contribution in [0.5, 0.6) is 0 Å². The normalized spacial score (nSPS) is 16.1. The van der Waals surface area contributed by atoms with Gasteiger partial charge >= 0.3 is 0 Å². The highest BCUT2D eigenvalue weighted by molar-refractivity contribution is 5.82. The average molecular weight is 393 g/mol. The molecular formula is C21H24FN7. The Hall–Kier alpha value is -3.00. The zero-order valence-corrected chi connectivity index (χ0v) is 16.4. The van der Waals surface area contributed by atoms with E-state index in [1.54, 1.807) is 6.20 Å². The molecule has 0 aromatic carbocycles. The fourth-order valence-electron chi connectivity index (χ4n) is 4.18. The molecule has 8 heteroatoms. The number of aryl methyl sites for hydroxylation is 1. The number of aromatic nitrogens is 5. The van der Waals surface area contributed by atoms with E-state index in [1.165, 1.54) is 0 Å². The summed E-state index contributed by atoms with van der Waals surface area (Å²) in [4.78, 5) is 11.2. The van der Waals surface area contributed by atoms with Crippen molar-refractivity contribution in [3.05, 3.63) is 48.7 Å². The van der Waals surface area contributed by atoms with Crippen LogP contribution in [0.3, 0.4) is 0 Å². The summed E-state index contributed by atoms with van der Waals surface area (Å²) < 4.78 is 16.4. The van der Waals surface area contributed by atoms with Gasteiger partial charge in [0.15, 0.2) is 0 Å². The first-order valence-electron chi connectivity index (χ1n) is 10.1. The highest BCUT2D eigenvalue weighted by Gasteiger charge is 2.20. The van der Waals surface area contributed by atoms with Crippen molar-refractivity contribution in [1.82, 2.24) is 28.9 Å². The largest absolute Gasteiger partial charge is 0.350 e. The van der Waals surface area contributed by atoms with E-state index < -0.39 is 0 Å². The monoisotopic (exact) mass is 393 g/mol. The first-order valence-corrected chi connectivity index (χ1v) is 10.1. The Morgan fingerprint density at radius 1 is 1.17 bits per heavy atom. The van der Waals surface area contributed by atoms with Crippen LogP contribution >= 0.6 is 0 Å². The highest BCUT2D eigenvalue weighted by atomic mass is 19.1. The number of rotatable bonds is 5. The lowest BCUT2D eigenvalue weighted by atomic mass is 10.1. The smallest absolute Gasteiger partial charge is 0.241 e. The molecule has 0 unspecified atom stereocenters. The quantitative estimate of drug-likeness (QED) is 0.564. The number of likely N-dealkylation sites (tertiary alicyclic amines) is 1. The minimum absolute atomic E-state index is 0.277. The Morgan fingerprint density at radius 3 is 2.86 bits per heavy atom. The van der Waals surface area contributed by atoms with Crippen LogP contribution in [-0.2, 0) is 0 Å². The molecule has 0 aliphatic carbocycles. The molecule has 1 aliphatic heterocycles. The Balaban J connectivity index is 1.40. The first-order chi connectivity index (χ1) is 14.2. The third kappa shape index (κ3) is 3.44. The number of nitrogens with one attached hydrogen (secondary N) is 1. The summed E-state index contributed by atoms with van der Waals surface area (Å²) in [6, 6.07) is 6.49. The van der Waals surface area contributed by atoms with Crippen LogP contribution in [0.25, 0.3) is 22.3 Å². The van der Waals surface area contributed by atoms with Gasteiger partial charge in [-0.05, 0) is 38.0 Å². The SMILES string of the molecule is Cc1nc(NC2CCN(CCF)CC2)nn2ccc(-c3ccc4nccn4c3)c12. The van der Waals surface area contributed by atoms with Gasteiger partial charge in [-0.25, -0.2) is 18.9 Å². The summed E-state index contributed by atoms with van der Waals surface area (Å²) in [5.74, 6) is 0.645. The molecule has 150 valence electrons. The zero-order valence-electron chi connectivity index (χ0n) is 16.4. The van der Waals surface area contributed by atoms with Gasteiger partial charge in [-0.3, -0.25) is 0 Å². The van der Waals surface area contributed by atoms with Crippen molar-refractivity contribution in [2.45, 2.75) is 25.8 Å². The van der Waals surface area contributed by atoms with Gasteiger partial charge < -0.3 is 14.6 Å². The molecule has 5 rings (SSSR count). The maximum atomic E-state index is 12.5. The number of alkyl halides is 1. The Kier molecular flexibility index (Phi) is 4.63. The molecule has 0 atom stereocenters. The molecule has 4 aromatic heterocycles. The fourth-order valence-corrected chi connectivity index (χ4v) is 4.18. The van der Waals surface area contributed by atoms with E-state index in [-0.39, 0.29) is 6.67 Å². The van der Waals surface area contributed by atoms with Gasteiger partial charge in [-0.2, -0.15) is 0 Å². The summed E-state index contributed by atoms with van der Waals surface area (Å²) in [7, 11) is 0. The van der Waals surface area contributed by atoms with Crippen molar-refractivity contribution in [1.29, 1.82) is 0 Å². The van der Waals surface area contributed by atoms with Crippen molar-refractivity contribution in [2.75, 3.05) is 31.6 Å². The Labute approximate surface area is 168 Å². The molecule has 0 saturated carbocycles. The van der Waals surface area contributed by atoms with Gasteiger partial charge in [-0.1, -0.05) is 0 Å². The number of nitrogens with zero attached hydrogens (tertiary/aromatic N) is 6. The highest BCUT2D eigenvalue weighted by Crippen LogP contribution is 2.28. The van der Waals surface area contributed by atoms with E-state index in [9.17, 15) is 4.39 Å². The van der Waals surface area contributed by atoms with Crippen LogP contribution in [0.1, 0.15) is 18.5 Å². The average Bonchev–Trinajstić information content (AvgIpc) is 3.36. The number of piperidine rings is 1. The summed E-state index contributed by atoms with van der Waals surface area (Å²) in [6.07, 6.45) is 9.75. The Morgan fingerprint density at radius 2 is 2.03 bits per heavy atom. The first kappa shape index (κ1) is 18.1. The van der Waals surface area contributed by atoms with Crippen molar-refractivity contribution in [3.8, 4) is 11.1 Å². The number of anilines is 1. The molecule has 29 heavy (non-hydrogen) atoms. The maximum absolute atomic E-state index is 12.5. The lowest BCUT2D eigenvalue weighted by Gasteiger charge is -2.31. The summed E-state index contributed by atoms with van der Waals surface area (Å²) in [5.41, 5.74) is 5.07. The lowest BCUT2D eigenvalue weighted by Crippen LogP contribution is -2.40. The van der Waals surface area contributed by atoms with Crippen LogP contribution in [-0.4, -0.2) is 61.2 Å². The molecule has 5 heterocycles. The number of imidazole rings is 1. The van der Waals surface area contributed by atoms with E-state index in [0.717, 1.165) is 53.9 Å². The minimum atomic E-state index is -0.277. The summed E-state index contributed by atoms with van der Waals surface area (Å²) >= 11 is 0. The van der Waals surface area contributed by atoms with Crippen LogP contribution in [0.15, 0.2) is 43.0 Å². The van der Waals surface area contributed by atoms with Gasteiger partial charge in [0, 0.05) is 61.6 Å².